The van der Waals surface area contributed by atoms with E-state index in [1.54, 1.807) is 31.2 Å². The fourth-order valence-electron chi connectivity index (χ4n) is 2.29. The molecule has 3 nitrogen and oxygen atoms in total. The van der Waals surface area contributed by atoms with Gasteiger partial charge in [-0.1, -0.05) is 18.2 Å². The summed E-state index contributed by atoms with van der Waals surface area (Å²) in [5, 5.41) is 18.9. The Morgan fingerprint density at radius 2 is 2.05 bits per heavy atom. The average Bonchev–Trinajstić information content (AvgIpc) is 2.46. The first-order valence-electron chi connectivity index (χ1n) is 6.69. The van der Waals surface area contributed by atoms with Gasteiger partial charge < -0.3 is 10.0 Å². The van der Waals surface area contributed by atoms with E-state index in [4.69, 9.17) is 5.26 Å². The lowest BCUT2D eigenvalue weighted by Crippen LogP contribution is -2.19. The highest BCUT2D eigenvalue weighted by Gasteiger charge is 2.13. The van der Waals surface area contributed by atoms with Crippen molar-refractivity contribution < 1.29 is 9.50 Å². The van der Waals surface area contributed by atoms with Crippen molar-refractivity contribution in [2.75, 3.05) is 11.9 Å². The van der Waals surface area contributed by atoms with Crippen molar-refractivity contribution in [1.82, 2.24) is 0 Å². The molecule has 0 radical (unpaired) electrons. The van der Waals surface area contributed by atoms with Crippen molar-refractivity contribution >= 4 is 5.69 Å². The van der Waals surface area contributed by atoms with Gasteiger partial charge in [0, 0.05) is 24.8 Å². The van der Waals surface area contributed by atoms with Crippen LogP contribution in [-0.4, -0.2) is 12.2 Å². The van der Waals surface area contributed by atoms with E-state index in [1.165, 1.54) is 12.1 Å². The number of nitriles is 1. The van der Waals surface area contributed by atoms with Gasteiger partial charge in [-0.15, -0.1) is 0 Å². The third kappa shape index (κ3) is 3.59. The first-order valence-corrected chi connectivity index (χ1v) is 6.69. The van der Waals surface area contributed by atoms with E-state index in [9.17, 15) is 9.50 Å². The number of aliphatic hydroxyl groups is 1. The number of benzene rings is 2. The maximum Gasteiger partial charge on any atom is 0.123 e. The van der Waals surface area contributed by atoms with Crippen LogP contribution in [0.15, 0.2) is 42.5 Å². The van der Waals surface area contributed by atoms with E-state index in [-0.39, 0.29) is 5.82 Å². The quantitative estimate of drug-likeness (QED) is 0.936. The molecule has 0 unspecified atom stereocenters. The molecule has 21 heavy (non-hydrogen) atoms. The number of nitrogens with zero attached hydrogens (tertiary/aromatic N) is 2. The lowest BCUT2D eigenvalue weighted by atomic mass is 10.0. The summed E-state index contributed by atoms with van der Waals surface area (Å²) in [7, 11) is 1.85. The highest BCUT2D eigenvalue weighted by Crippen LogP contribution is 2.28. The molecule has 0 aromatic heterocycles. The van der Waals surface area contributed by atoms with E-state index >= 15 is 0 Å². The first-order chi connectivity index (χ1) is 10.0. The predicted molar refractivity (Wildman–Crippen MR) is 80.3 cm³/mol. The van der Waals surface area contributed by atoms with E-state index in [0.29, 0.717) is 12.1 Å². The van der Waals surface area contributed by atoms with Crippen molar-refractivity contribution in [3.05, 3.63) is 65.0 Å². The highest BCUT2D eigenvalue weighted by molar-refractivity contribution is 5.58. The Bertz CT molecular complexity index is 677. The van der Waals surface area contributed by atoms with Gasteiger partial charge in [-0.3, -0.25) is 0 Å². The van der Waals surface area contributed by atoms with Gasteiger partial charge in [-0.2, -0.15) is 5.26 Å². The Balaban J connectivity index is 2.33. The van der Waals surface area contributed by atoms with Gasteiger partial charge >= 0.3 is 0 Å². The fraction of sp³-hybridized carbons (Fsp3) is 0.235. The summed E-state index contributed by atoms with van der Waals surface area (Å²) in [5.41, 5.74) is 2.87. The van der Waals surface area contributed by atoms with Crippen LogP contribution in [0.4, 0.5) is 10.1 Å². The molecule has 0 aliphatic carbocycles. The van der Waals surface area contributed by atoms with E-state index < -0.39 is 6.10 Å². The molecule has 0 aliphatic heterocycles. The first kappa shape index (κ1) is 15.0. The van der Waals surface area contributed by atoms with Crippen LogP contribution in [0, 0.1) is 17.1 Å². The molecule has 0 bridgehead atoms. The number of halogens is 1. The zero-order valence-corrected chi connectivity index (χ0v) is 12.0. The molecule has 0 fully saturated rings. The minimum absolute atomic E-state index is 0.276. The third-order valence-electron chi connectivity index (χ3n) is 3.33. The number of hydrogen-bond donors (Lipinski definition) is 1. The molecule has 1 N–H and O–H groups in total. The predicted octanol–water partition coefficient (Wildman–Crippen LogP) is 3.39. The van der Waals surface area contributed by atoms with Gasteiger partial charge in [0.25, 0.3) is 0 Å². The molecule has 2 rings (SSSR count). The summed E-state index contributed by atoms with van der Waals surface area (Å²) in [5.74, 6) is -0.276. The average molecular weight is 284 g/mol. The lowest BCUT2D eigenvalue weighted by Gasteiger charge is -2.24. The SMILES string of the molecule is C[C@@H](O)c1ccc(C#N)cc1N(C)Cc1cccc(F)c1. The second-order valence-electron chi connectivity index (χ2n) is 5.05. The lowest BCUT2D eigenvalue weighted by molar-refractivity contribution is 0.199. The van der Waals surface area contributed by atoms with Crippen molar-refractivity contribution in [3.8, 4) is 6.07 Å². The summed E-state index contributed by atoms with van der Waals surface area (Å²) in [6.45, 7) is 2.17. The standard InChI is InChI=1S/C17H17FN2O/c1-12(21)16-7-6-13(10-19)9-17(16)20(2)11-14-4-3-5-15(18)8-14/h3-9,12,21H,11H2,1-2H3/t12-/m1/s1. The molecule has 2 aromatic carbocycles. The van der Waals surface area contributed by atoms with Crippen LogP contribution in [0.5, 0.6) is 0 Å². The Labute approximate surface area is 123 Å². The molecule has 0 spiro atoms. The van der Waals surface area contributed by atoms with Crippen molar-refractivity contribution in [2.24, 2.45) is 0 Å². The Morgan fingerprint density at radius 3 is 2.67 bits per heavy atom. The Hall–Kier alpha value is -2.38. The maximum absolute atomic E-state index is 13.2. The molecule has 0 saturated carbocycles. The summed E-state index contributed by atoms with van der Waals surface area (Å²) in [6.07, 6.45) is -0.636. The van der Waals surface area contributed by atoms with Crippen LogP contribution in [0.3, 0.4) is 0 Å². The van der Waals surface area contributed by atoms with Gasteiger partial charge in [0.1, 0.15) is 5.82 Å². The smallest absolute Gasteiger partial charge is 0.123 e. The van der Waals surface area contributed by atoms with Crippen molar-refractivity contribution in [1.29, 1.82) is 5.26 Å². The molecule has 4 heteroatoms. The van der Waals surface area contributed by atoms with Crippen LogP contribution in [0.2, 0.25) is 0 Å². The molecular formula is C17H17FN2O. The molecule has 0 heterocycles. The zero-order valence-electron chi connectivity index (χ0n) is 12.0. The monoisotopic (exact) mass is 284 g/mol. The van der Waals surface area contributed by atoms with E-state index in [1.807, 2.05) is 18.0 Å². The normalized spacial score (nSPS) is 11.8. The summed E-state index contributed by atoms with van der Waals surface area (Å²) in [4.78, 5) is 1.90. The molecule has 108 valence electrons. The molecule has 0 aliphatic rings. The number of hydrogen-bond acceptors (Lipinski definition) is 3. The summed E-state index contributed by atoms with van der Waals surface area (Å²) >= 11 is 0. The van der Waals surface area contributed by atoms with Gasteiger partial charge in [0.15, 0.2) is 0 Å². The molecular weight excluding hydrogens is 267 g/mol. The minimum Gasteiger partial charge on any atom is -0.389 e. The number of rotatable bonds is 4. The number of anilines is 1. The van der Waals surface area contributed by atoms with Crippen LogP contribution >= 0.6 is 0 Å². The molecule has 0 saturated heterocycles. The van der Waals surface area contributed by atoms with Crippen molar-refractivity contribution in [3.63, 3.8) is 0 Å². The summed E-state index contributed by atoms with van der Waals surface area (Å²) < 4.78 is 13.2. The van der Waals surface area contributed by atoms with E-state index in [2.05, 4.69) is 6.07 Å². The van der Waals surface area contributed by atoms with Crippen LogP contribution in [0.1, 0.15) is 29.7 Å². The fourth-order valence-corrected chi connectivity index (χ4v) is 2.29. The maximum atomic E-state index is 13.2. The van der Waals surface area contributed by atoms with Gasteiger partial charge in [0.2, 0.25) is 0 Å². The second-order valence-corrected chi connectivity index (χ2v) is 5.05. The van der Waals surface area contributed by atoms with Crippen LogP contribution in [0.25, 0.3) is 0 Å². The molecule has 0 amide bonds. The minimum atomic E-state index is -0.636. The molecule has 1 atom stereocenters. The topological polar surface area (TPSA) is 47.3 Å². The van der Waals surface area contributed by atoms with Gasteiger partial charge in [0.05, 0.1) is 17.7 Å². The third-order valence-corrected chi connectivity index (χ3v) is 3.33. The second kappa shape index (κ2) is 6.38. The zero-order chi connectivity index (χ0) is 15.4. The highest BCUT2D eigenvalue weighted by atomic mass is 19.1. The van der Waals surface area contributed by atoms with Gasteiger partial charge in [-0.05, 0) is 36.8 Å². The number of aliphatic hydroxyl groups excluding tert-OH is 1. The van der Waals surface area contributed by atoms with Crippen LogP contribution < -0.4 is 4.90 Å². The van der Waals surface area contributed by atoms with Crippen molar-refractivity contribution in [2.45, 2.75) is 19.6 Å². The van der Waals surface area contributed by atoms with E-state index in [0.717, 1.165) is 16.8 Å². The van der Waals surface area contributed by atoms with Crippen LogP contribution in [-0.2, 0) is 6.54 Å². The Morgan fingerprint density at radius 1 is 1.29 bits per heavy atom. The summed E-state index contributed by atoms with van der Waals surface area (Å²) in [6, 6.07) is 13.7. The van der Waals surface area contributed by atoms with Gasteiger partial charge in [-0.25, -0.2) is 4.39 Å². The largest absolute Gasteiger partial charge is 0.389 e. The molecule has 2 aromatic rings. The Kier molecular flexibility index (Phi) is 4.56.